The Hall–Kier alpha value is -6.32. The first-order chi connectivity index (χ1) is 31.4. The predicted octanol–water partition coefficient (Wildman–Crippen LogP) is 7.38. The molecule has 0 radical (unpaired) electrons. The molecule has 0 aliphatic carbocycles. The molecule has 0 saturated carbocycles. The number of azo groups is 3. The standard InChI is InChI=1S/C32H23N9O20S5/c33-14-1-7-18(20(11-14)63-60-57-48)35-38-26-23(66(53,54)55)10-13-9-21(64-61-58-49)25(29(42)24(13)30(26)43)37-36-19-8-2-15(12-22(19)65(50,51)52)34-39-27-28(32(45)46)40-41(31(27)44)16-3-5-17(6-4-16)62-59-56-47/h1-12,27,42-43,47-49H,33H2,(H,45,46)(H,50,51,52)(H,53,54,55). The number of carboxylic acid groups (broad SMARTS) is 1. The summed E-state index contributed by atoms with van der Waals surface area (Å²) in [6, 6.07) is 11.9. The van der Waals surface area contributed by atoms with Crippen molar-refractivity contribution in [2.45, 2.75) is 30.5 Å². The molecule has 1 atom stereocenters. The van der Waals surface area contributed by atoms with Crippen LogP contribution in [-0.4, -0.2) is 80.7 Å². The van der Waals surface area contributed by atoms with Gasteiger partial charge in [-0.05, 0) is 78.2 Å². The van der Waals surface area contributed by atoms with Gasteiger partial charge in [-0.15, -0.1) is 33.5 Å². The van der Waals surface area contributed by atoms with Gasteiger partial charge in [0.2, 0.25) is 6.04 Å². The first kappa shape index (κ1) is 49.1. The Labute approximate surface area is 379 Å². The number of phenolic OH excluding ortho intramolecular Hbond substituents is 2. The van der Waals surface area contributed by atoms with Gasteiger partial charge >= 0.3 is 5.97 Å². The highest BCUT2D eigenvalue weighted by molar-refractivity contribution is 7.95. The number of aromatic hydroxyl groups is 2. The summed E-state index contributed by atoms with van der Waals surface area (Å²) < 4.78 is 83.6. The zero-order valence-corrected chi connectivity index (χ0v) is 35.8. The number of carboxylic acids is 1. The van der Waals surface area contributed by atoms with Gasteiger partial charge in [-0.2, -0.15) is 37.2 Å². The lowest BCUT2D eigenvalue weighted by atomic mass is 10.1. The molecule has 66 heavy (non-hydrogen) atoms. The maximum Gasteiger partial charge on any atom is 0.355 e. The number of rotatable bonds is 19. The fraction of sp³-hybridized carbons (Fsp3) is 0.0312. The highest BCUT2D eigenvalue weighted by atomic mass is 32.2. The minimum Gasteiger partial charge on any atom is -0.505 e. The van der Waals surface area contributed by atoms with Crippen LogP contribution in [0.3, 0.4) is 0 Å². The zero-order valence-electron chi connectivity index (χ0n) is 31.7. The van der Waals surface area contributed by atoms with Crippen LogP contribution in [0, 0.1) is 0 Å². The summed E-state index contributed by atoms with van der Waals surface area (Å²) in [5.41, 5.74) is 2.44. The van der Waals surface area contributed by atoms with Crippen molar-refractivity contribution >= 4 is 125 Å². The largest absolute Gasteiger partial charge is 0.505 e. The lowest BCUT2D eigenvalue weighted by Gasteiger charge is -2.13. The first-order valence-electron chi connectivity index (χ1n) is 16.8. The third-order valence-corrected chi connectivity index (χ3v) is 11.8. The Morgan fingerprint density at radius 3 is 1.92 bits per heavy atom. The summed E-state index contributed by atoms with van der Waals surface area (Å²) in [5.74, 6) is -4.83. The van der Waals surface area contributed by atoms with Crippen LogP contribution < -0.4 is 10.7 Å². The van der Waals surface area contributed by atoms with Gasteiger partial charge in [0.15, 0.2) is 17.2 Å². The van der Waals surface area contributed by atoms with Gasteiger partial charge in [0.25, 0.3) is 26.1 Å². The van der Waals surface area contributed by atoms with Gasteiger partial charge in [-0.1, -0.05) is 15.1 Å². The Kier molecular flexibility index (Phi) is 15.5. The van der Waals surface area contributed by atoms with Crippen molar-refractivity contribution in [2.75, 3.05) is 10.7 Å². The van der Waals surface area contributed by atoms with Gasteiger partial charge in [-0.25, -0.2) is 20.6 Å². The molecular weight excluding hydrogens is 991 g/mol. The summed E-state index contributed by atoms with van der Waals surface area (Å²) in [4.78, 5) is 23.3. The van der Waals surface area contributed by atoms with Gasteiger partial charge in [0.05, 0.1) is 62.7 Å². The second-order valence-corrected chi connectivity index (χ2v) is 17.2. The van der Waals surface area contributed by atoms with Gasteiger partial charge in [-0.3, -0.25) is 13.9 Å². The molecule has 0 aromatic heterocycles. The quantitative estimate of drug-likeness (QED) is 0.00972. The van der Waals surface area contributed by atoms with Gasteiger partial charge < -0.3 is 21.1 Å². The number of hydrogen-bond acceptors (Lipinski definition) is 28. The summed E-state index contributed by atoms with van der Waals surface area (Å²) in [7, 11) is -10.5. The molecule has 1 amide bonds. The monoisotopic (exact) mass is 1010 g/mol. The fourth-order valence-corrected chi connectivity index (χ4v) is 8.11. The van der Waals surface area contributed by atoms with Crippen molar-refractivity contribution < 1.29 is 94.7 Å². The van der Waals surface area contributed by atoms with Crippen LogP contribution in [0.1, 0.15) is 0 Å². The van der Waals surface area contributed by atoms with Crippen LogP contribution in [-0.2, 0) is 57.9 Å². The maximum absolute atomic E-state index is 13.3. The van der Waals surface area contributed by atoms with E-state index in [1.54, 1.807) is 0 Å². The second-order valence-electron chi connectivity index (χ2n) is 12.2. The van der Waals surface area contributed by atoms with Crippen molar-refractivity contribution in [1.29, 1.82) is 0 Å². The minimum atomic E-state index is -5.24. The van der Waals surface area contributed by atoms with E-state index in [0.29, 0.717) is 40.1 Å². The molecule has 346 valence electrons. The average Bonchev–Trinajstić information content (AvgIpc) is 3.61. The number of carbonyl (C=O) groups is 2. The molecule has 29 nitrogen and oxygen atoms in total. The molecule has 1 aliphatic rings. The number of nitrogen functional groups attached to an aromatic ring is 1. The molecule has 0 fully saturated rings. The molecule has 1 unspecified atom stereocenters. The summed E-state index contributed by atoms with van der Waals surface area (Å²) in [6.45, 7) is 0. The van der Waals surface area contributed by atoms with Crippen LogP contribution in [0.4, 0.5) is 39.8 Å². The molecule has 1 aliphatic heterocycles. The van der Waals surface area contributed by atoms with E-state index >= 15 is 0 Å². The van der Waals surface area contributed by atoms with E-state index in [1.165, 1.54) is 42.5 Å². The summed E-state index contributed by atoms with van der Waals surface area (Å²) >= 11 is 1.11. The fourth-order valence-electron chi connectivity index (χ4n) is 5.48. The zero-order chi connectivity index (χ0) is 47.9. The van der Waals surface area contributed by atoms with Crippen molar-refractivity contribution in [2.24, 2.45) is 35.8 Å². The molecule has 0 bridgehead atoms. The number of carbonyl (C=O) groups excluding carboxylic acids is 1. The third kappa shape index (κ3) is 11.2. The highest BCUT2D eigenvalue weighted by Crippen LogP contribution is 2.51. The normalized spacial score (nSPS) is 14.7. The molecule has 6 rings (SSSR count). The second kappa shape index (κ2) is 20.9. The lowest BCUT2D eigenvalue weighted by Crippen LogP contribution is -2.33. The van der Waals surface area contributed by atoms with E-state index < -0.39 is 87.6 Å². The Balaban J connectivity index is 1.39. The van der Waals surface area contributed by atoms with Gasteiger partial charge in [0.1, 0.15) is 32.5 Å². The number of hydrogen-bond donors (Lipinski definition) is 9. The highest BCUT2D eigenvalue weighted by Gasteiger charge is 2.41. The Morgan fingerprint density at radius 1 is 0.697 bits per heavy atom. The lowest BCUT2D eigenvalue weighted by molar-refractivity contribution is -0.432. The maximum atomic E-state index is 13.3. The van der Waals surface area contributed by atoms with Crippen molar-refractivity contribution in [3.8, 4) is 11.5 Å². The number of phenols is 2. The van der Waals surface area contributed by atoms with Crippen LogP contribution in [0.25, 0.3) is 10.8 Å². The molecule has 34 heteroatoms. The number of aliphatic carboxylic acids is 1. The van der Waals surface area contributed by atoms with E-state index in [1.807, 2.05) is 0 Å². The molecular formula is C32H23N9O20S5. The van der Waals surface area contributed by atoms with Crippen LogP contribution >= 0.6 is 36.1 Å². The number of amides is 1. The average molecular weight is 1010 g/mol. The molecule has 0 saturated heterocycles. The van der Waals surface area contributed by atoms with Crippen molar-refractivity contribution in [1.82, 2.24) is 0 Å². The van der Waals surface area contributed by atoms with E-state index in [0.717, 1.165) is 24.3 Å². The minimum absolute atomic E-state index is 0.0414. The molecule has 5 aromatic rings. The topological polar surface area (TPSA) is 435 Å². The summed E-state index contributed by atoms with van der Waals surface area (Å²) in [5, 5.41) is 95.3. The number of anilines is 2. The Bertz CT molecular complexity index is 3070. The number of benzene rings is 5. The van der Waals surface area contributed by atoms with E-state index in [9.17, 15) is 50.8 Å². The summed E-state index contributed by atoms with van der Waals surface area (Å²) in [6.07, 6.45) is 0. The molecule has 1 heterocycles. The van der Waals surface area contributed by atoms with E-state index in [-0.39, 0.29) is 50.0 Å². The molecule has 0 spiro atoms. The Morgan fingerprint density at radius 2 is 1.29 bits per heavy atom. The SMILES string of the molecule is Nc1ccc(N=Nc2c(S(=O)(=O)O)cc3cc(SOOO)c(N=Nc4ccc(N=NC5C(=O)N(c6ccc(SOOO)cc6)N=C5C(=O)O)cc4S(=O)(=O)O)c(O)c3c2O)c(SOOO)c1. The number of nitrogens with two attached hydrogens (primary N) is 1. The predicted molar refractivity (Wildman–Crippen MR) is 222 cm³/mol. The molecule has 5 aromatic carbocycles. The number of hydrazone groups is 1. The van der Waals surface area contributed by atoms with E-state index in [2.05, 4.69) is 63.9 Å². The van der Waals surface area contributed by atoms with Crippen LogP contribution in [0.5, 0.6) is 11.5 Å². The number of nitrogens with zero attached hydrogens (tertiary/aromatic N) is 8. The van der Waals surface area contributed by atoms with Gasteiger partial charge in [0, 0.05) is 10.6 Å². The van der Waals surface area contributed by atoms with Crippen molar-refractivity contribution in [3.63, 3.8) is 0 Å². The first-order valence-corrected chi connectivity index (χ1v) is 21.9. The smallest absolute Gasteiger partial charge is 0.355 e. The third-order valence-electron chi connectivity index (χ3n) is 8.22. The van der Waals surface area contributed by atoms with Crippen molar-refractivity contribution in [3.05, 3.63) is 72.8 Å². The molecule has 10 N–H and O–H groups in total. The van der Waals surface area contributed by atoms with Crippen LogP contribution in [0.2, 0.25) is 0 Å². The van der Waals surface area contributed by atoms with Crippen LogP contribution in [0.15, 0.2) is 133 Å². The van der Waals surface area contributed by atoms with E-state index in [4.69, 9.17) is 21.5 Å². The number of fused-ring (bicyclic) bond motifs is 1.